The van der Waals surface area contributed by atoms with E-state index in [1.54, 1.807) is 0 Å². The fourth-order valence-electron chi connectivity index (χ4n) is 1.26. The third kappa shape index (κ3) is 5.19. The Morgan fingerprint density at radius 2 is 1.84 bits per heavy atom. The number of nitro benzene ring substituents is 1. The molecule has 0 fully saturated rings. The average molecular weight is 328 g/mol. The number of nitro groups is 1. The maximum absolute atomic E-state index is 10.8. The van der Waals surface area contributed by atoms with Gasteiger partial charge >= 0.3 is 0 Å². The molecule has 1 rings (SSSR count). The van der Waals surface area contributed by atoms with E-state index in [0.717, 1.165) is 12.3 Å². The minimum Gasteiger partial charge on any atom is -0.378 e. The summed E-state index contributed by atoms with van der Waals surface area (Å²) in [5.74, 6) is 0. The summed E-state index contributed by atoms with van der Waals surface area (Å²) in [6.07, 6.45) is 1.02. The van der Waals surface area contributed by atoms with Gasteiger partial charge in [-0.15, -0.1) is 0 Å². The van der Waals surface area contributed by atoms with Crippen molar-refractivity contribution < 1.29 is 13.3 Å². The Morgan fingerprint density at radius 1 is 1.26 bits per heavy atom. The molecule has 0 heterocycles. The van der Waals surface area contributed by atoms with Gasteiger partial charge in [0.15, 0.2) is 0 Å². The van der Waals surface area contributed by atoms with E-state index in [9.17, 15) is 18.5 Å². The smallest absolute Gasteiger partial charge is 0.293 e. The summed E-state index contributed by atoms with van der Waals surface area (Å²) in [7, 11) is -3.29. The molecule has 0 atom stereocenters. The lowest BCUT2D eigenvalue weighted by Gasteiger charge is -2.08. The summed E-state index contributed by atoms with van der Waals surface area (Å²) < 4.78 is 23.9. The van der Waals surface area contributed by atoms with Crippen molar-refractivity contribution in [2.24, 2.45) is 0 Å². The number of benzene rings is 1. The molecule has 0 saturated carbocycles. The van der Waals surface area contributed by atoms with Crippen LogP contribution in [-0.2, 0) is 10.0 Å². The van der Waals surface area contributed by atoms with Crippen LogP contribution in [0.5, 0.6) is 0 Å². The van der Waals surface area contributed by atoms with Gasteiger partial charge < -0.3 is 5.32 Å². The quantitative estimate of drug-likeness (QED) is 0.471. The molecular formula is C9H11Cl2N3O4S. The molecule has 0 unspecified atom stereocenters. The highest BCUT2D eigenvalue weighted by Gasteiger charge is 2.16. The van der Waals surface area contributed by atoms with Gasteiger partial charge in [0, 0.05) is 19.2 Å². The van der Waals surface area contributed by atoms with Crippen LogP contribution in [0.3, 0.4) is 0 Å². The Morgan fingerprint density at radius 3 is 2.37 bits per heavy atom. The van der Waals surface area contributed by atoms with Gasteiger partial charge in [0.1, 0.15) is 5.69 Å². The second kappa shape index (κ2) is 6.38. The second-order valence-electron chi connectivity index (χ2n) is 3.63. The Hall–Kier alpha value is -1.09. The number of anilines is 1. The highest BCUT2D eigenvalue weighted by atomic mass is 35.5. The Kier molecular flexibility index (Phi) is 5.36. The summed E-state index contributed by atoms with van der Waals surface area (Å²) in [5, 5.41) is 13.8. The van der Waals surface area contributed by atoms with Gasteiger partial charge in [0.2, 0.25) is 10.0 Å². The number of hydrogen-bond acceptors (Lipinski definition) is 5. The van der Waals surface area contributed by atoms with Crippen LogP contribution in [-0.4, -0.2) is 32.7 Å². The summed E-state index contributed by atoms with van der Waals surface area (Å²) in [6.45, 7) is 0.266. The maximum atomic E-state index is 10.8. The summed E-state index contributed by atoms with van der Waals surface area (Å²) >= 11 is 11.5. The molecule has 0 radical (unpaired) electrons. The van der Waals surface area contributed by atoms with Crippen molar-refractivity contribution in [2.45, 2.75) is 0 Å². The Bertz CT molecular complexity index is 591. The topological polar surface area (TPSA) is 101 Å². The third-order valence-corrected chi connectivity index (χ3v) is 3.49. The van der Waals surface area contributed by atoms with Gasteiger partial charge in [-0.05, 0) is 6.07 Å². The van der Waals surface area contributed by atoms with Crippen molar-refractivity contribution in [3.63, 3.8) is 0 Å². The summed E-state index contributed by atoms with van der Waals surface area (Å²) in [6, 6.07) is 2.46. The van der Waals surface area contributed by atoms with Crippen LogP contribution in [0.15, 0.2) is 12.1 Å². The second-order valence-corrected chi connectivity index (χ2v) is 6.28. The molecule has 7 nitrogen and oxygen atoms in total. The molecule has 0 aliphatic carbocycles. The van der Waals surface area contributed by atoms with E-state index < -0.39 is 14.9 Å². The number of rotatable bonds is 6. The molecular weight excluding hydrogens is 317 g/mol. The highest BCUT2D eigenvalue weighted by Crippen LogP contribution is 2.33. The third-order valence-electron chi connectivity index (χ3n) is 2.04. The lowest BCUT2D eigenvalue weighted by Crippen LogP contribution is -2.27. The molecule has 1 aromatic rings. The molecule has 0 bridgehead atoms. The van der Waals surface area contributed by atoms with Crippen LogP contribution in [0, 0.1) is 10.1 Å². The largest absolute Gasteiger partial charge is 0.378 e. The van der Waals surface area contributed by atoms with Gasteiger partial charge in [-0.2, -0.15) is 0 Å². The molecule has 0 aliphatic rings. The van der Waals surface area contributed by atoms with Gasteiger partial charge in [-0.3, -0.25) is 10.1 Å². The Labute approximate surface area is 120 Å². The minimum atomic E-state index is -3.29. The molecule has 0 saturated heterocycles. The zero-order chi connectivity index (χ0) is 14.6. The normalized spacial score (nSPS) is 11.3. The molecule has 1 aromatic carbocycles. The van der Waals surface area contributed by atoms with Crippen LogP contribution in [0.1, 0.15) is 0 Å². The first-order valence-electron chi connectivity index (χ1n) is 5.02. The Balaban J connectivity index is 2.77. The van der Waals surface area contributed by atoms with Crippen molar-refractivity contribution in [3.05, 3.63) is 32.3 Å². The lowest BCUT2D eigenvalue weighted by atomic mass is 10.2. The van der Waals surface area contributed by atoms with Crippen LogP contribution in [0.25, 0.3) is 0 Å². The van der Waals surface area contributed by atoms with Gasteiger partial charge in [-0.1, -0.05) is 23.2 Å². The number of sulfonamides is 1. The summed E-state index contributed by atoms with van der Waals surface area (Å²) in [5.41, 5.74) is -0.0524. The number of hydrogen-bond donors (Lipinski definition) is 2. The van der Waals surface area contributed by atoms with E-state index in [0.29, 0.717) is 0 Å². The monoisotopic (exact) mass is 327 g/mol. The van der Waals surface area contributed by atoms with E-state index in [2.05, 4.69) is 10.0 Å². The molecule has 2 N–H and O–H groups in total. The predicted molar refractivity (Wildman–Crippen MR) is 74.5 cm³/mol. The minimum absolute atomic E-state index is 0.0770. The molecule has 0 aromatic heterocycles. The lowest BCUT2D eigenvalue weighted by molar-refractivity contribution is -0.383. The van der Waals surface area contributed by atoms with Crippen LogP contribution < -0.4 is 10.0 Å². The molecule has 0 aliphatic heterocycles. The van der Waals surface area contributed by atoms with Gasteiger partial charge in [0.05, 0.1) is 21.2 Å². The van der Waals surface area contributed by atoms with Crippen molar-refractivity contribution in [3.8, 4) is 0 Å². The zero-order valence-corrected chi connectivity index (χ0v) is 12.1. The SMILES string of the molecule is CS(=O)(=O)NCCNc1cc(Cl)c(Cl)cc1[N+](=O)[O-]. The van der Waals surface area contributed by atoms with Crippen molar-refractivity contribution in [2.75, 3.05) is 24.7 Å². The number of halogens is 2. The fraction of sp³-hybridized carbons (Fsp3) is 0.333. The molecule has 0 spiro atoms. The van der Waals surface area contributed by atoms with Crippen molar-refractivity contribution >= 4 is 44.6 Å². The zero-order valence-electron chi connectivity index (χ0n) is 9.81. The van der Waals surface area contributed by atoms with Crippen LogP contribution in [0.2, 0.25) is 10.0 Å². The van der Waals surface area contributed by atoms with E-state index in [-0.39, 0.29) is 34.5 Å². The molecule has 10 heteroatoms. The van der Waals surface area contributed by atoms with E-state index >= 15 is 0 Å². The number of nitrogens with zero attached hydrogens (tertiary/aromatic N) is 1. The van der Waals surface area contributed by atoms with E-state index in [1.807, 2.05) is 0 Å². The highest BCUT2D eigenvalue weighted by molar-refractivity contribution is 7.88. The molecule has 0 amide bonds. The predicted octanol–water partition coefficient (Wildman–Crippen LogP) is 1.86. The standard InChI is InChI=1S/C9H11Cl2N3O4S/c1-19(17,18)13-3-2-12-8-4-6(10)7(11)5-9(8)14(15)16/h4-5,12-13H,2-3H2,1H3. The molecule has 106 valence electrons. The first-order valence-corrected chi connectivity index (χ1v) is 7.67. The van der Waals surface area contributed by atoms with Gasteiger partial charge in [-0.25, -0.2) is 13.1 Å². The van der Waals surface area contributed by atoms with Crippen LogP contribution >= 0.6 is 23.2 Å². The van der Waals surface area contributed by atoms with Crippen LogP contribution in [0.4, 0.5) is 11.4 Å². The summed E-state index contributed by atoms with van der Waals surface area (Å²) in [4.78, 5) is 10.2. The first kappa shape index (κ1) is 16.0. The molecule has 19 heavy (non-hydrogen) atoms. The van der Waals surface area contributed by atoms with E-state index in [4.69, 9.17) is 23.2 Å². The first-order chi connectivity index (χ1) is 8.70. The fourth-order valence-corrected chi connectivity index (χ4v) is 2.06. The van der Waals surface area contributed by atoms with Gasteiger partial charge in [0.25, 0.3) is 5.69 Å². The van der Waals surface area contributed by atoms with Crippen molar-refractivity contribution in [1.29, 1.82) is 0 Å². The van der Waals surface area contributed by atoms with E-state index in [1.165, 1.54) is 6.07 Å². The average Bonchev–Trinajstić information content (AvgIpc) is 2.27. The number of nitrogens with one attached hydrogen (secondary N) is 2. The van der Waals surface area contributed by atoms with Crippen molar-refractivity contribution in [1.82, 2.24) is 4.72 Å². The maximum Gasteiger partial charge on any atom is 0.293 e.